The first-order valence-corrected chi connectivity index (χ1v) is 8.41. The van der Waals surface area contributed by atoms with Gasteiger partial charge in [0.15, 0.2) is 6.67 Å². The molecule has 0 bridgehead atoms. The molecule has 1 unspecified atom stereocenters. The highest BCUT2D eigenvalue weighted by Crippen LogP contribution is 2.31. The Morgan fingerprint density at radius 1 is 1.05 bits per heavy atom. The van der Waals surface area contributed by atoms with Gasteiger partial charge in [-0.25, -0.2) is 0 Å². The van der Waals surface area contributed by atoms with Crippen LogP contribution in [-0.2, 0) is 6.54 Å². The van der Waals surface area contributed by atoms with Crippen molar-refractivity contribution in [1.82, 2.24) is 0 Å². The number of quaternary nitrogens is 1. The summed E-state index contributed by atoms with van der Waals surface area (Å²) in [4.78, 5) is 1.63. The predicted octanol–water partition coefficient (Wildman–Crippen LogP) is 3.25. The molecule has 2 heteroatoms. The summed E-state index contributed by atoms with van der Waals surface area (Å²) in [6, 6.07) is 20.3. The summed E-state index contributed by atoms with van der Waals surface area (Å²) in [5, 5.41) is 3.62. The molecule has 0 saturated heterocycles. The average Bonchev–Trinajstić information content (AvgIpc) is 3.38. The van der Waals surface area contributed by atoms with Crippen molar-refractivity contribution in [3.63, 3.8) is 0 Å². The van der Waals surface area contributed by atoms with Crippen molar-refractivity contribution < 1.29 is 4.90 Å². The van der Waals surface area contributed by atoms with E-state index >= 15 is 0 Å². The lowest BCUT2D eigenvalue weighted by Crippen LogP contribution is -3.15. The van der Waals surface area contributed by atoms with Crippen LogP contribution in [0.3, 0.4) is 0 Å². The Kier molecular flexibility index (Phi) is 4.79. The van der Waals surface area contributed by atoms with Gasteiger partial charge in [-0.05, 0) is 38.8 Å². The molecule has 2 N–H and O–H groups in total. The average molecular weight is 295 g/mol. The van der Waals surface area contributed by atoms with E-state index in [1.807, 2.05) is 0 Å². The van der Waals surface area contributed by atoms with E-state index in [0.29, 0.717) is 0 Å². The predicted molar refractivity (Wildman–Crippen MR) is 93.0 cm³/mol. The molecular weight excluding hydrogens is 268 g/mol. The SMILES string of the molecule is Cc1ccc(NC[NH+](Cc2ccccc2)[C@H](C)C2CC2)cc1. The summed E-state index contributed by atoms with van der Waals surface area (Å²) in [5.74, 6) is 0.915. The normalized spacial score (nSPS) is 17.0. The largest absolute Gasteiger partial charge is 0.339 e. The molecule has 1 aliphatic rings. The Hall–Kier alpha value is -1.80. The number of aryl methyl sites for hydroxylation is 1. The summed E-state index contributed by atoms with van der Waals surface area (Å²) in [7, 11) is 0. The van der Waals surface area contributed by atoms with Gasteiger partial charge in [-0.2, -0.15) is 0 Å². The van der Waals surface area contributed by atoms with Crippen LogP contribution in [0.15, 0.2) is 54.6 Å². The Bertz CT molecular complexity index is 572. The molecule has 2 aromatic carbocycles. The summed E-state index contributed by atoms with van der Waals surface area (Å²) >= 11 is 0. The van der Waals surface area contributed by atoms with Gasteiger partial charge in [0.1, 0.15) is 6.54 Å². The molecule has 3 rings (SSSR count). The van der Waals surface area contributed by atoms with Crippen LogP contribution in [0.1, 0.15) is 30.9 Å². The number of nitrogens with one attached hydrogen (secondary N) is 2. The van der Waals surface area contributed by atoms with Crippen LogP contribution in [0.2, 0.25) is 0 Å². The zero-order valence-corrected chi connectivity index (χ0v) is 13.7. The van der Waals surface area contributed by atoms with Crippen LogP contribution < -0.4 is 10.2 Å². The van der Waals surface area contributed by atoms with Gasteiger partial charge < -0.3 is 10.2 Å². The lowest BCUT2D eigenvalue weighted by atomic mass is 10.1. The van der Waals surface area contributed by atoms with Gasteiger partial charge in [0, 0.05) is 17.2 Å². The topological polar surface area (TPSA) is 16.5 Å². The molecule has 0 radical (unpaired) electrons. The Morgan fingerprint density at radius 2 is 1.73 bits per heavy atom. The second-order valence-corrected chi connectivity index (χ2v) is 6.67. The highest BCUT2D eigenvalue weighted by Gasteiger charge is 2.34. The van der Waals surface area contributed by atoms with E-state index in [9.17, 15) is 0 Å². The highest BCUT2D eigenvalue weighted by atomic mass is 15.2. The molecule has 22 heavy (non-hydrogen) atoms. The maximum Gasteiger partial charge on any atom is 0.150 e. The van der Waals surface area contributed by atoms with Gasteiger partial charge in [-0.15, -0.1) is 0 Å². The first-order chi connectivity index (χ1) is 10.7. The molecule has 0 amide bonds. The highest BCUT2D eigenvalue weighted by molar-refractivity contribution is 5.43. The van der Waals surface area contributed by atoms with Crippen molar-refractivity contribution in [2.75, 3.05) is 12.0 Å². The summed E-state index contributed by atoms with van der Waals surface area (Å²) in [6.45, 7) is 6.62. The van der Waals surface area contributed by atoms with Crippen molar-refractivity contribution >= 4 is 5.69 Å². The van der Waals surface area contributed by atoms with Crippen LogP contribution in [0.5, 0.6) is 0 Å². The molecular formula is C20H27N2+. The third-order valence-electron chi connectivity index (χ3n) is 4.82. The van der Waals surface area contributed by atoms with E-state index in [-0.39, 0.29) is 0 Å². The fourth-order valence-electron chi connectivity index (χ4n) is 3.06. The van der Waals surface area contributed by atoms with Crippen molar-refractivity contribution in [2.45, 2.75) is 39.3 Å². The quantitative estimate of drug-likeness (QED) is 0.750. The van der Waals surface area contributed by atoms with Gasteiger partial charge >= 0.3 is 0 Å². The fraction of sp³-hybridized carbons (Fsp3) is 0.400. The summed E-state index contributed by atoms with van der Waals surface area (Å²) < 4.78 is 0. The van der Waals surface area contributed by atoms with E-state index in [1.165, 1.54) is 29.7 Å². The number of hydrogen-bond acceptors (Lipinski definition) is 1. The van der Waals surface area contributed by atoms with Crippen LogP contribution in [0.4, 0.5) is 5.69 Å². The van der Waals surface area contributed by atoms with Crippen LogP contribution in [-0.4, -0.2) is 12.7 Å². The third-order valence-corrected chi connectivity index (χ3v) is 4.82. The van der Waals surface area contributed by atoms with E-state index < -0.39 is 0 Å². The standard InChI is InChI=1S/C20H26N2/c1-16-8-12-20(13-9-16)21-15-22(17(2)19-10-11-19)14-18-6-4-3-5-7-18/h3-9,12-13,17,19,21H,10-11,14-15H2,1-2H3/p+1/t17-/m1/s1. The minimum Gasteiger partial charge on any atom is -0.339 e. The number of rotatable bonds is 7. The van der Waals surface area contributed by atoms with Gasteiger partial charge in [0.25, 0.3) is 0 Å². The van der Waals surface area contributed by atoms with Crippen LogP contribution in [0, 0.1) is 12.8 Å². The van der Waals surface area contributed by atoms with Gasteiger partial charge in [-0.1, -0.05) is 48.0 Å². The van der Waals surface area contributed by atoms with E-state index in [2.05, 4.69) is 73.8 Å². The molecule has 0 spiro atoms. The number of hydrogen-bond donors (Lipinski definition) is 2. The molecule has 1 aliphatic carbocycles. The van der Waals surface area contributed by atoms with E-state index in [4.69, 9.17) is 0 Å². The molecule has 2 nitrogen and oxygen atoms in total. The molecule has 2 atom stereocenters. The maximum atomic E-state index is 3.62. The molecule has 2 aromatic rings. The Balaban J connectivity index is 1.64. The van der Waals surface area contributed by atoms with Crippen molar-refractivity contribution in [2.24, 2.45) is 5.92 Å². The second-order valence-electron chi connectivity index (χ2n) is 6.67. The third kappa shape index (κ3) is 4.11. The molecule has 1 fully saturated rings. The lowest BCUT2D eigenvalue weighted by Gasteiger charge is -2.27. The van der Waals surface area contributed by atoms with E-state index in [1.54, 1.807) is 4.90 Å². The minimum absolute atomic E-state index is 0.721. The molecule has 116 valence electrons. The van der Waals surface area contributed by atoms with Crippen molar-refractivity contribution in [3.8, 4) is 0 Å². The molecule has 0 aliphatic heterocycles. The van der Waals surface area contributed by atoms with Gasteiger partial charge in [0.05, 0.1) is 6.04 Å². The molecule has 1 saturated carbocycles. The van der Waals surface area contributed by atoms with E-state index in [0.717, 1.165) is 25.2 Å². The van der Waals surface area contributed by atoms with Crippen LogP contribution >= 0.6 is 0 Å². The maximum absolute atomic E-state index is 3.62. The molecule has 0 aromatic heterocycles. The first-order valence-electron chi connectivity index (χ1n) is 8.41. The van der Waals surface area contributed by atoms with Gasteiger partial charge in [-0.3, -0.25) is 0 Å². The second kappa shape index (κ2) is 6.97. The summed E-state index contributed by atoms with van der Waals surface area (Å²) in [6.07, 6.45) is 2.81. The van der Waals surface area contributed by atoms with Crippen molar-refractivity contribution in [1.29, 1.82) is 0 Å². The minimum atomic E-state index is 0.721. The lowest BCUT2D eigenvalue weighted by molar-refractivity contribution is -0.936. The van der Waals surface area contributed by atoms with Crippen molar-refractivity contribution in [3.05, 3.63) is 65.7 Å². The smallest absolute Gasteiger partial charge is 0.150 e. The Labute approximate surface area is 134 Å². The molecule has 0 heterocycles. The fourth-order valence-corrected chi connectivity index (χ4v) is 3.06. The number of benzene rings is 2. The Morgan fingerprint density at radius 3 is 2.36 bits per heavy atom. The monoisotopic (exact) mass is 295 g/mol. The zero-order chi connectivity index (χ0) is 15.4. The zero-order valence-electron chi connectivity index (χ0n) is 13.7. The number of anilines is 1. The van der Waals surface area contributed by atoms with Crippen LogP contribution in [0.25, 0.3) is 0 Å². The van der Waals surface area contributed by atoms with Gasteiger partial charge in [0.2, 0.25) is 0 Å². The first kappa shape index (κ1) is 15.1. The summed E-state index contributed by atoms with van der Waals surface area (Å²) in [5.41, 5.74) is 3.96.